The summed E-state index contributed by atoms with van der Waals surface area (Å²) in [5.74, 6) is 0. The van der Waals surface area contributed by atoms with Gasteiger partial charge in [0, 0.05) is 13.1 Å². The minimum atomic E-state index is 1.21. The molecule has 0 atom stereocenters. The zero-order valence-corrected chi connectivity index (χ0v) is 14.2. The van der Waals surface area contributed by atoms with Crippen molar-refractivity contribution >= 4 is 0 Å². The fraction of sp³-hybridized carbons (Fsp3) is 0.789. The molecule has 0 fully saturated rings. The van der Waals surface area contributed by atoms with Gasteiger partial charge in [-0.2, -0.15) is 0 Å². The molecular weight excluding hydrogens is 242 g/mol. The highest BCUT2D eigenvalue weighted by Crippen LogP contribution is 2.01. The van der Waals surface area contributed by atoms with Crippen molar-refractivity contribution in [3.05, 3.63) is 24.3 Å². The van der Waals surface area contributed by atoms with Crippen molar-refractivity contribution in [2.75, 3.05) is 19.6 Å². The molecular formula is C19H37N. The SMILES string of the molecule is CCCC/C=C/CCN(CCC)CC/C=C/CCCC. The first-order valence-electron chi connectivity index (χ1n) is 8.87. The van der Waals surface area contributed by atoms with Gasteiger partial charge in [0.25, 0.3) is 0 Å². The Bertz CT molecular complexity index is 208. The van der Waals surface area contributed by atoms with E-state index in [0.29, 0.717) is 0 Å². The molecule has 0 N–H and O–H groups in total. The van der Waals surface area contributed by atoms with Gasteiger partial charge in [0.05, 0.1) is 0 Å². The number of rotatable bonds is 14. The average molecular weight is 280 g/mol. The van der Waals surface area contributed by atoms with Crippen LogP contribution in [0.25, 0.3) is 0 Å². The number of unbranched alkanes of at least 4 members (excludes halogenated alkanes) is 4. The van der Waals surface area contributed by atoms with E-state index in [0.717, 1.165) is 0 Å². The maximum atomic E-state index is 2.61. The summed E-state index contributed by atoms with van der Waals surface area (Å²) in [5.41, 5.74) is 0. The monoisotopic (exact) mass is 279 g/mol. The molecule has 0 saturated heterocycles. The van der Waals surface area contributed by atoms with Gasteiger partial charge in [0.2, 0.25) is 0 Å². The van der Waals surface area contributed by atoms with E-state index in [1.165, 1.54) is 77.4 Å². The van der Waals surface area contributed by atoms with Crippen LogP contribution < -0.4 is 0 Å². The lowest BCUT2D eigenvalue weighted by Gasteiger charge is -2.20. The van der Waals surface area contributed by atoms with E-state index in [1.807, 2.05) is 0 Å². The van der Waals surface area contributed by atoms with Crippen molar-refractivity contribution in [1.29, 1.82) is 0 Å². The minimum Gasteiger partial charge on any atom is -0.303 e. The fourth-order valence-corrected chi connectivity index (χ4v) is 2.28. The van der Waals surface area contributed by atoms with Crippen molar-refractivity contribution < 1.29 is 0 Å². The van der Waals surface area contributed by atoms with E-state index in [-0.39, 0.29) is 0 Å². The molecule has 0 aromatic carbocycles. The van der Waals surface area contributed by atoms with Gasteiger partial charge in [-0.15, -0.1) is 0 Å². The Morgan fingerprint density at radius 1 is 0.550 bits per heavy atom. The Hall–Kier alpha value is -0.560. The van der Waals surface area contributed by atoms with Crippen LogP contribution >= 0.6 is 0 Å². The minimum absolute atomic E-state index is 1.21. The van der Waals surface area contributed by atoms with Crippen LogP contribution in [0.1, 0.15) is 78.6 Å². The fourth-order valence-electron chi connectivity index (χ4n) is 2.28. The molecule has 0 aromatic rings. The summed E-state index contributed by atoms with van der Waals surface area (Å²) in [4.78, 5) is 2.61. The third kappa shape index (κ3) is 13.9. The summed E-state index contributed by atoms with van der Waals surface area (Å²) in [6, 6.07) is 0. The molecule has 118 valence electrons. The van der Waals surface area contributed by atoms with E-state index in [4.69, 9.17) is 0 Å². The molecule has 0 aliphatic carbocycles. The standard InChI is InChI=1S/C19H37N/c1-4-7-9-11-13-15-18-20(17-6-3)19-16-14-12-10-8-5-2/h11-14H,4-10,15-19H2,1-3H3/b13-11+,14-12+. The Balaban J connectivity index is 3.69. The van der Waals surface area contributed by atoms with Crippen LogP contribution in [0.5, 0.6) is 0 Å². The highest BCUT2D eigenvalue weighted by atomic mass is 15.1. The second-order valence-electron chi connectivity index (χ2n) is 5.65. The summed E-state index contributed by atoms with van der Waals surface area (Å²) in [7, 11) is 0. The summed E-state index contributed by atoms with van der Waals surface area (Å²) in [6.45, 7) is 10.5. The normalized spacial score (nSPS) is 12.2. The summed E-state index contributed by atoms with van der Waals surface area (Å²) < 4.78 is 0. The lowest BCUT2D eigenvalue weighted by Crippen LogP contribution is -2.26. The van der Waals surface area contributed by atoms with Gasteiger partial charge < -0.3 is 4.90 Å². The Morgan fingerprint density at radius 3 is 1.40 bits per heavy atom. The van der Waals surface area contributed by atoms with Crippen molar-refractivity contribution in [2.24, 2.45) is 0 Å². The highest BCUT2D eigenvalue weighted by Gasteiger charge is 2.00. The molecule has 1 heteroatoms. The zero-order chi connectivity index (χ0) is 14.9. The highest BCUT2D eigenvalue weighted by molar-refractivity contribution is 4.84. The predicted molar refractivity (Wildman–Crippen MR) is 93.3 cm³/mol. The van der Waals surface area contributed by atoms with Crippen LogP contribution in [0.15, 0.2) is 24.3 Å². The smallest absolute Gasteiger partial charge is 0.00160 e. The number of allylic oxidation sites excluding steroid dienone is 2. The van der Waals surface area contributed by atoms with Gasteiger partial charge in [-0.3, -0.25) is 0 Å². The maximum Gasteiger partial charge on any atom is 0.00160 e. The molecule has 0 aliphatic rings. The molecule has 0 aromatic heterocycles. The summed E-state index contributed by atoms with van der Waals surface area (Å²) >= 11 is 0. The van der Waals surface area contributed by atoms with Crippen LogP contribution in [0.2, 0.25) is 0 Å². The molecule has 0 radical (unpaired) electrons. The molecule has 0 rings (SSSR count). The average Bonchev–Trinajstić information content (AvgIpc) is 2.46. The van der Waals surface area contributed by atoms with Gasteiger partial charge in [-0.1, -0.05) is 70.8 Å². The molecule has 0 aliphatic heterocycles. The van der Waals surface area contributed by atoms with Crippen LogP contribution in [0.4, 0.5) is 0 Å². The molecule has 0 spiro atoms. The predicted octanol–water partition coefficient (Wildman–Crippen LogP) is 5.97. The topological polar surface area (TPSA) is 3.24 Å². The Kier molecular flexibility index (Phi) is 16.0. The van der Waals surface area contributed by atoms with Crippen LogP contribution in [0.3, 0.4) is 0 Å². The second-order valence-corrected chi connectivity index (χ2v) is 5.65. The Labute approximate surface area is 128 Å². The molecule has 0 unspecified atom stereocenters. The van der Waals surface area contributed by atoms with Crippen molar-refractivity contribution in [3.63, 3.8) is 0 Å². The zero-order valence-electron chi connectivity index (χ0n) is 14.2. The number of hydrogen-bond acceptors (Lipinski definition) is 1. The van der Waals surface area contributed by atoms with Gasteiger partial charge in [-0.25, -0.2) is 0 Å². The quantitative estimate of drug-likeness (QED) is 0.279. The molecule has 1 nitrogen and oxygen atoms in total. The van der Waals surface area contributed by atoms with Gasteiger partial charge in [0.1, 0.15) is 0 Å². The van der Waals surface area contributed by atoms with Crippen molar-refractivity contribution in [1.82, 2.24) is 4.90 Å². The van der Waals surface area contributed by atoms with Gasteiger partial charge in [0.15, 0.2) is 0 Å². The van der Waals surface area contributed by atoms with E-state index in [1.54, 1.807) is 0 Å². The van der Waals surface area contributed by atoms with Crippen LogP contribution in [-0.2, 0) is 0 Å². The van der Waals surface area contributed by atoms with E-state index in [2.05, 4.69) is 50.0 Å². The number of hydrogen-bond donors (Lipinski definition) is 0. The van der Waals surface area contributed by atoms with Crippen molar-refractivity contribution in [3.8, 4) is 0 Å². The maximum absolute atomic E-state index is 2.61. The van der Waals surface area contributed by atoms with Crippen LogP contribution in [0, 0.1) is 0 Å². The lowest BCUT2D eigenvalue weighted by atomic mass is 10.2. The van der Waals surface area contributed by atoms with E-state index in [9.17, 15) is 0 Å². The molecule has 0 heterocycles. The Morgan fingerprint density at radius 2 is 1.00 bits per heavy atom. The third-order valence-corrected chi connectivity index (χ3v) is 3.55. The first-order chi connectivity index (χ1) is 9.85. The van der Waals surface area contributed by atoms with E-state index < -0.39 is 0 Å². The first-order valence-corrected chi connectivity index (χ1v) is 8.87. The van der Waals surface area contributed by atoms with Gasteiger partial charge >= 0.3 is 0 Å². The second kappa shape index (κ2) is 16.5. The molecule has 0 bridgehead atoms. The lowest BCUT2D eigenvalue weighted by molar-refractivity contribution is 0.284. The first kappa shape index (κ1) is 19.4. The van der Waals surface area contributed by atoms with Crippen molar-refractivity contribution in [2.45, 2.75) is 78.6 Å². The van der Waals surface area contributed by atoms with E-state index >= 15 is 0 Å². The van der Waals surface area contributed by atoms with Gasteiger partial charge in [-0.05, 0) is 38.6 Å². The van der Waals surface area contributed by atoms with Crippen LogP contribution in [-0.4, -0.2) is 24.5 Å². The number of nitrogens with zero attached hydrogens (tertiary/aromatic N) is 1. The largest absolute Gasteiger partial charge is 0.303 e. The molecule has 0 amide bonds. The molecule has 20 heavy (non-hydrogen) atoms. The summed E-state index contributed by atoms with van der Waals surface area (Å²) in [5, 5.41) is 0. The summed E-state index contributed by atoms with van der Waals surface area (Å²) in [6.07, 6.45) is 20.9. The third-order valence-electron chi connectivity index (χ3n) is 3.55. The molecule has 0 saturated carbocycles.